The van der Waals surface area contributed by atoms with E-state index in [1.54, 1.807) is 6.07 Å². The van der Waals surface area contributed by atoms with Gasteiger partial charge in [0.1, 0.15) is 5.82 Å². The number of hydrogen-bond acceptors (Lipinski definition) is 4. The SMILES string of the molecule is [2H]C([2H])([2H])C([2H])(C([2H])([2H])[2H])C([2H])([2H])c1cccc(-c2cc(-c3ccccc3)cc(C(C)(C)C)c2)c1CCCCN1[CH-]N(c2[c-]c(COc3[c-]c4c(cc3)c3ccccc3n4-c3cc(C(C)(C)C)ccn3)ccc2)c2cc(-c3ccccc3)ccc21.[Pt]. The van der Waals surface area contributed by atoms with Crippen molar-refractivity contribution in [3.63, 3.8) is 0 Å². The molecule has 0 fully saturated rings. The summed E-state index contributed by atoms with van der Waals surface area (Å²) in [5.41, 5.74) is 13.2. The molecule has 392 valence electrons. The molecule has 3 heterocycles. The van der Waals surface area contributed by atoms with Gasteiger partial charge in [0.05, 0.1) is 6.61 Å². The van der Waals surface area contributed by atoms with Crippen molar-refractivity contribution in [3.05, 3.63) is 235 Å². The molecule has 11 rings (SSSR count). The van der Waals surface area contributed by atoms with E-state index in [1.807, 2.05) is 91.1 Å². The quantitative estimate of drug-likeness (QED) is 0.0757. The number of unbranched alkanes of at least 4 members (excludes halogenated alkanes) is 1. The molecule has 0 radical (unpaired) electrons. The maximum absolute atomic E-state index is 9.55. The number of para-hydroxylation sites is 1. The normalized spacial score (nSPS) is 15.0. The minimum atomic E-state index is -3.51. The second-order valence-electron chi connectivity index (χ2n) is 21.9. The molecular weight excluding hydrogens is 1120 g/mol. The van der Waals surface area contributed by atoms with Gasteiger partial charge >= 0.3 is 0 Å². The summed E-state index contributed by atoms with van der Waals surface area (Å²) in [5, 5.41) is 2.16. The zero-order valence-electron chi connectivity index (χ0n) is 53.5. The minimum Gasteiger partial charge on any atom is -0.517 e. The number of rotatable bonds is 15. The average Bonchev–Trinajstić information content (AvgIpc) is 1.05. The van der Waals surface area contributed by atoms with E-state index in [4.69, 9.17) is 17.9 Å². The fourth-order valence-corrected chi connectivity index (χ4v) is 10.5. The first-order valence-corrected chi connectivity index (χ1v) is 26.3. The Morgan fingerprint density at radius 2 is 1.36 bits per heavy atom. The second-order valence-corrected chi connectivity index (χ2v) is 21.9. The Bertz CT molecular complexity index is 4060. The molecule has 0 aliphatic carbocycles. The zero-order valence-corrected chi connectivity index (χ0v) is 46.8. The van der Waals surface area contributed by atoms with E-state index >= 15 is 0 Å². The van der Waals surface area contributed by atoms with Gasteiger partial charge in [-0.1, -0.05) is 176 Å². The smallest absolute Gasteiger partial charge is 0.135 e. The van der Waals surface area contributed by atoms with Crippen LogP contribution in [0.25, 0.3) is 61.0 Å². The summed E-state index contributed by atoms with van der Waals surface area (Å²) < 4.78 is 87.4. The van der Waals surface area contributed by atoms with Gasteiger partial charge < -0.3 is 19.1 Å². The van der Waals surface area contributed by atoms with Crippen molar-refractivity contribution in [2.45, 2.75) is 98.3 Å². The molecule has 0 unspecified atom stereocenters. The summed E-state index contributed by atoms with van der Waals surface area (Å²) in [4.78, 5) is 9.20. The molecule has 0 bridgehead atoms. The first-order valence-electron chi connectivity index (χ1n) is 30.8. The van der Waals surface area contributed by atoms with Crippen LogP contribution in [0.3, 0.4) is 0 Å². The number of benzene rings is 8. The van der Waals surface area contributed by atoms with E-state index in [1.165, 1.54) is 11.6 Å². The number of aromatic nitrogens is 2. The summed E-state index contributed by atoms with van der Waals surface area (Å²) in [6, 6.07) is 68.0. The molecule has 0 saturated heterocycles. The van der Waals surface area contributed by atoms with Gasteiger partial charge in [0.2, 0.25) is 0 Å². The molecule has 10 aromatic rings. The number of pyridine rings is 1. The van der Waals surface area contributed by atoms with Crippen LogP contribution in [-0.2, 0) is 51.3 Å². The fraction of sp³-hybridized carbons (Fsp3) is 0.239. The van der Waals surface area contributed by atoms with Crippen LogP contribution >= 0.6 is 0 Å². The van der Waals surface area contributed by atoms with Gasteiger partial charge in [-0.15, -0.1) is 28.8 Å². The molecule has 6 heteroatoms. The molecule has 1 aliphatic rings. The van der Waals surface area contributed by atoms with Crippen LogP contribution in [0, 0.1) is 24.7 Å². The van der Waals surface area contributed by atoms with Crippen LogP contribution < -0.4 is 14.5 Å². The molecule has 0 atom stereocenters. The van der Waals surface area contributed by atoms with E-state index in [2.05, 4.69) is 160 Å². The van der Waals surface area contributed by atoms with Crippen LogP contribution in [0.1, 0.15) is 108 Å². The van der Waals surface area contributed by atoms with Crippen molar-refractivity contribution in [1.82, 2.24) is 9.55 Å². The Balaban J connectivity index is 0.00000820. The van der Waals surface area contributed by atoms with Crippen LogP contribution in [0.4, 0.5) is 17.1 Å². The van der Waals surface area contributed by atoms with E-state index < -0.39 is 26.0 Å². The maximum Gasteiger partial charge on any atom is 0.135 e. The van der Waals surface area contributed by atoms with Crippen molar-refractivity contribution in [1.29, 1.82) is 0 Å². The summed E-state index contributed by atoms with van der Waals surface area (Å²) in [6.45, 7) is 8.85. The number of hydrogen-bond donors (Lipinski definition) is 0. The molecule has 0 spiro atoms. The predicted molar refractivity (Wildman–Crippen MR) is 319 cm³/mol. The van der Waals surface area contributed by atoms with Crippen LogP contribution in [-0.4, -0.2) is 16.1 Å². The molecule has 8 aromatic carbocycles. The molecule has 5 nitrogen and oxygen atoms in total. The van der Waals surface area contributed by atoms with E-state index in [-0.39, 0.29) is 50.5 Å². The van der Waals surface area contributed by atoms with Gasteiger partial charge in [0.25, 0.3) is 0 Å². The minimum absolute atomic E-state index is 0. The topological polar surface area (TPSA) is 33.5 Å². The molecule has 0 amide bonds. The van der Waals surface area contributed by atoms with Gasteiger partial charge in [-0.2, -0.15) is 37.0 Å². The van der Waals surface area contributed by atoms with Crippen LogP contribution in [0.15, 0.2) is 188 Å². The average molecular weight is 1200 g/mol. The number of fused-ring (bicyclic) bond motifs is 4. The number of anilines is 3. The van der Waals surface area contributed by atoms with Crippen LogP contribution in [0.5, 0.6) is 5.75 Å². The number of nitrogens with zero attached hydrogens (tertiary/aromatic N) is 4. The second kappa shape index (κ2) is 22.4. The monoisotopic (exact) mass is 1200 g/mol. The molecule has 0 N–H and O–H groups in total. The Morgan fingerprint density at radius 3 is 2.13 bits per heavy atom. The van der Waals surface area contributed by atoms with Crippen molar-refractivity contribution >= 4 is 38.9 Å². The first kappa shape index (κ1) is 42.9. The first-order chi connectivity index (χ1) is 40.3. The summed E-state index contributed by atoms with van der Waals surface area (Å²) in [6.07, 6.45) is 0.123. The molecule has 1 aliphatic heterocycles. The van der Waals surface area contributed by atoms with Crippen molar-refractivity contribution in [2.75, 3.05) is 16.3 Å². The van der Waals surface area contributed by atoms with Crippen molar-refractivity contribution < 1.29 is 38.1 Å². The fourth-order valence-electron chi connectivity index (χ4n) is 10.5. The molecular formula is C71H69N4OPt-3. The van der Waals surface area contributed by atoms with E-state index in [0.717, 1.165) is 83.6 Å². The zero-order chi connectivity index (χ0) is 60.3. The largest absolute Gasteiger partial charge is 0.517 e. The maximum atomic E-state index is 9.55. The third-order valence-electron chi connectivity index (χ3n) is 14.5. The number of ether oxygens (including phenoxy) is 1. The van der Waals surface area contributed by atoms with Gasteiger partial charge in [0, 0.05) is 62.2 Å². The summed E-state index contributed by atoms with van der Waals surface area (Å²) in [7, 11) is 0. The van der Waals surface area contributed by atoms with Gasteiger partial charge in [0.15, 0.2) is 0 Å². The summed E-state index contributed by atoms with van der Waals surface area (Å²) >= 11 is 0. The van der Waals surface area contributed by atoms with E-state index in [0.29, 0.717) is 36.3 Å². The predicted octanol–water partition coefficient (Wildman–Crippen LogP) is 18.3. The molecule has 2 aromatic heterocycles. The van der Waals surface area contributed by atoms with Crippen molar-refractivity contribution in [2.24, 2.45) is 5.89 Å². The van der Waals surface area contributed by atoms with Gasteiger partial charge in [-0.05, 0) is 146 Å². The summed E-state index contributed by atoms with van der Waals surface area (Å²) in [5.74, 6) is -2.09. The van der Waals surface area contributed by atoms with Crippen molar-refractivity contribution in [3.8, 4) is 44.9 Å². The third-order valence-corrected chi connectivity index (χ3v) is 14.5. The third kappa shape index (κ3) is 11.4. The standard InChI is InChI=1S/C71H69N4O.Pt/c1-49(2)39-54-26-20-30-62(56-41-55(52-24-13-10-14-25-52)42-58(43-56)71(6,7)8)61(54)28-17-18-38-73-48-74(68-44-53(32-35-66(68)73)51-22-11-9-12-23-51)59-27-19-21-50(40-59)47-76-60-33-34-64-63-29-15-16-31-65(63)75(67(64)46-60)69-45-57(36-37-72-69)70(3,4)5;/h9-16,19-27,29-37,41-45,48-49H,17-18,28,38-39,47H2,1-8H3;/q-3;/i1D3,2D3,39D2,49D;. The Morgan fingerprint density at radius 1 is 0.636 bits per heavy atom. The Hall–Kier alpha value is -7.20. The van der Waals surface area contributed by atoms with E-state index in [9.17, 15) is 4.11 Å². The van der Waals surface area contributed by atoms with Gasteiger partial charge in [-0.3, -0.25) is 0 Å². The van der Waals surface area contributed by atoms with Gasteiger partial charge in [-0.25, -0.2) is 4.98 Å². The molecule has 0 saturated carbocycles. The molecule has 77 heavy (non-hydrogen) atoms. The van der Waals surface area contributed by atoms with Crippen LogP contribution in [0.2, 0.25) is 0 Å². The Kier molecular flexibility index (Phi) is 12.5. The Labute approximate surface area is 484 Å².